The number of benzene rings is 1. The SMILES string of the molecule is Cc1nn(C)c(C)c1NC(=O)[C@H](C)OC(=O)c1ccccc1NCc1ccco1. The van der Waals surface area contributed by atoms with Gasteiger partial charge in [0.2, 0.25) is 0 Å². The number of aromatic nitrogens is 2. The molecule has 8 heteroatoms. The molecule has 1 amide bonds. The predicted molar refractivity (Wildman–Crippen MR) is 109 cm³/mol. The highest BCUT2D eigenvalue weighted by Gasteiger charge is 2.23. The smallest absolute Gasteiger partial charge is 0.341 e. The first kappa shape index (κ1) is 20.2. The van der Waals surface area contributed by atoms with E-state index >= 15 is 0 Å². The zero-order valence-electron chi connectivity index (χ0n) is 16.9. The lowest BCUT2D eigenvalue weighted by molar-refractivity contribution is -0.123. The highest BCUT2D eigenvalue weighted by molar-refractivity contribution is 6.00. The van der Waals surface area contributed by atoms with Crippen molar-refractivity contribution in [2.75, 3.05) is 10.6 Å². The fourth-order valence-corrected chi connectivity index (χ4v) is 2.87. The van der Waals surface area contributed by atoms with Crippen molar-refractivity contribution in [3.63, 3.8) is 0 Å². The van der Waals surface area contributed by atoms with Crippen LogP contribution in [0.15, 0.2) is 47.1 Å². The van der Waals surface area contributed by atoms with E-state index in [1.165, 1.54) is 6.92 Å². The Morgan fingerprint density at radius 1 is 1.21 bits per heavy atom. The van der Waals surface area contributed by atoms with Crippen LogP contribution in [0.4, 0.5) is 11.4 Å². The molecule has 1 atom stereocenters. The van der Waals surface area contributed by atoms with Crippen molar-refractivity contribution in [1.29, 1.82) is 0 Å². The lowest BCUT2D eigenvalue weighted by atomic mass is 10.1. The number of esters is 1. The molecule has 0 bridgehead atoms. The molecule has 2 aromatic heterocycles. The number of hydrogen-bond acceptors (Lipinski definition) is 6. The summed E-state index contributed by atoms with van der Waals surface area (Å²) in [5.41, 5.74) is 3.08. The molecule has 1 aromatic carbocycles. The Kier molecular flexibility index (Phi) is 6.01. The van der Waals surface area contributed by atoms with Gasteiger partial charge in [0.1, 0.15) is 5.76 Å². The van der Waals surface area contributed by atoms with Crippen LogP contribution < -0.4 is 10.6 Å². The van der Waals surface area contributed by atoms with Gasteiger partial charge in [0.15, 0.2) is 6.10 Å². The summed E-state index contributed by atoms with van der Waals surface area (Å²) in [7, 11) is 1.80. The van der Waals surface area contributed by atoms with Crippen LogP contribution >= 0.6 is 0 Å². The first-order valence-electron chi connectivity index (χ1n) is 9.24. The number of furan rings is 1. The van der Waals surface area contributed by atoms with Crippen LogP contribution in [0.1, 0.15) is 34.4 Å². The van der Waals surface area contributed by atoms with E-state index in [2.05, 4.69) is 15.7 Å². The average Bonchev–Trinajstić information content (AvgIpc) is 3.30. The van der Waals surface area contributed by atoms with Gasteiger partial charge in [-0.1, -0.05) is 12.1 Å². The summed E-state index contributed by atoms with van der Waals surface area (Å²) in [6, 6.07) is 10.6. The summed E-state index contributed by atoms with van der Waals surface area (Å²) in [5, 5.41) is 10.2. The van der Waals surface area contributed by atoms with Crippen LogP contribution in [0.5, 0.6) is 0 Å². The van der Waals surface area contributed by atoms with Crippen molar-refractivity contribution in [1.82, 2.24) is 9.78 Å². The van der Waals surface area contributed by atoms with E-state index in [4.69, 9.17) is 9.15 Å². The number of nitrogens with zero attached hydrogens (tertiary/aromatic N) is 2. The summed E-state index contributed by atoms with van der Waals surface area (Å²) >= 11 is 0. The van der Waals surface area contributed by atoms with Gasteiger partial charge in [0.05, 0.1) is 35.4 Å². The third kappa shape index (κ3) is 4.66. The lowest BCUT2D eigenvalue weighted by Gasteiger charge is -2.15. The molecule has 2 heterocycles. The summed E-state index contributed by atoms with van der Waals surface area (Å²) in [4.78, 5) is 25.2. The van der Waals surface area contributed by atoms with E-state index in [1.54, 1.807) is 49.2 Å². The molecule has 152 valence electrons. The molecule has 2 N–H and O–H groups in total. The molecule has 0 unspecified atom stereocenters. The topological polar surface area (TPSA) is 98.4 Å². The zero-order valence-corrected chi connectivity index (χ0v) is 16.9. The first-order valence-corrected chi connectivity index (χ1v) is 9.24. The molecule has 0 saturated heterocycles. The number of nitrogens with one attached hydrogen (secondary N) is 2. The van der Waals surface area contributed by atoms with Crippen LogP contribution in [0.2, 0.25) is 0 Å². The minimum Gasteiger partial charge on any atom is -0.467 e. The standard InChI is InChI=1S/C21H24N4O4/c1-13-19(14(2)25(4)24-13)23-20(26)15(3)29-21(27)17-9-5-6-10-18(17)22-12-16-8-7-11-28-16/h5-11,15,22H,12H2,1-4H3,(H,23,26)/t15-/m0/s1. The van der Waals surface area contributed by atoms with E-state index in [0.29, 0.717) is 29.2 Å². The summed E-state index contributed by atoms with van der Waals surface area (Å²) in [5.74, 6) is -0.267. The molecule has 0 saturated carbocycles. The van der Waals surface area contributed by atoms with Gasteiger partial charge in [0, 0.05) is 12.7 Å². The van der Waals surface area contributed by atoms with Crippen molar-refractivity contribution in [3.05, 3.63) is 65.4 Å². The van der Waals surface area contributed by atoms with E-state index in [1.807, 2.05) is 19.1 Å². The Hall–Kier alpha value is -3.55. The van der Waals surface area contributed by atoms with Crippen molar-refractivity contribution in [3.8, 4) is 0 Å². The Morgan fingerprint density at radius 2 is 1.97 bits per heavy atom. The van der Waals surface area contributed by atoms with Gasteiger partial charge in [-0.25, -0.2) is 4.79 Å². The van der Waals surface area contributed by atoms with E-state index in [-0.39, 0.29) is 0 Å². The highest BCUT2D eigenvalue weighted by atomic mass is 16.5. The number of carbonyl (C=O) groups is 2. The van der Waals surface area contributed by atoms with Crippen LogP contribution in [0.3, 0.4) is 0 Å². The molecule has 0 spiro atoms. The van der Waals surface area contributed by atoms with Crippen LogP contribution in [0, 0.1) is 13.8 Å². The second kappa shape index (κ2) is 8.64. The normalized spacial score (nSPS) is 11.7. The highest BCUT2D eigenvalue weighted by Crippen LogP contribution is 2.20. The average molecular weight is 396 g/mol. The van der Waals surface area contributed by atoms with E-state index in [9.17, 15) is 9.59 Å². The van der Waals surface area contributed by atoms with Gasteiger partial charge in [-0.2, -0.15) is 5.10 Å². The number of carbonyl (C=O) groups excluding carboxylic acids is 2. The van der Waals surface area contributed by atoms with Crippen molar-refractivity contribution in [2.24, 2.45) is 7.05 Å². The molecule has 29 heavy (non-hydrogen) atoms. The predicted octanol–water partition coefficient (Wildman–Crippen LogP) is 3.43. The van der Waals surface area contributed by atoms with Crippen molar-refractivity contribution in [2.45, 2.75) is 33.4 Å². The Morgan fingerprint density at radius 3 is 2.62 bits per heavy atom. The quantitative estimate of drug-likeness (QED) is 0.594. The third-order valence-electron chi connectivity index (χ3n) is 4.59. The number of rotatable bonds is 7. The molecule has 0 aliphatic carbocycles. The largest absolute Gasteiger partial charge is 0.467 e. The fraction of sp³-hybridized carbons (Fsp3) is 0.286. The second-order valence-electron chi connectivity index (χ2n) is 6.68. The third-order valence-corrected chi connectivity index (χ3v) is 4.59. The van der Waals surface area contributed by atoms with Crippen molar-refractivity contribution < 1.29 is 18.7 Å². The molecule has 0 aliphatic rings. The lowest BCUT2D eigenvalue weighted by Crippen LogP contribution is -2.30. The summed E-state index contributed by atoms with van der Waals surface area (Å²) < 4.78 is 12.4. The monoisotopic (exact) mass is 396 g/mol. The maximum atomic E-state index is 12.7. The number of aryl methyl sites for hydroxylation is 2. The molecule has 0 fully saturated rings. The molecule has 8 nitrogen and oxygen atoms in total. The minimum atomic E-state index is -0.973. The molecule has 3 rings (SSSR count). The number of ether oxygens (including phenoxy) is 1. The Bertz CT molecular complexity index is 1010. The molecule has 0 aliphatic heterocycles. The van der Waals surface area contributed by atoms with Crippen molar-refractivity contribution >= 4 is 23.3 Å². The van der Waals surface area contributed by atoms with Crippen LogP contribution in [-0.4, -0.2) is 27.8 Å². The van der Waals surface area contributed by atoms with Gasteiger partial charge in [0.25, 0.3) is 5.91 Å². The number of para-hydroxylation sites is 1. The van der Waals surface area contributed by atoms with Gasteiger partial charge in [-0.3, -0.25) is 9.48 Å². The number of anilines is 2. The number of hydrogen-bond donors (Lipinski definition) is 2. The van der Waals surface area contributed by atoms with Gasteiger partial charge >= 0.3 is 5.97 Å². The van der Waals surface area contributed by atoms with Crippen LogP contribution in [-0.2, 0) is 23.1 Å². The van der Waals surface area contributed by atoms with Gasteiger partial charge in [-0.05, 0) is 45.0 Å². The molecular weight excluding hydrogens is 372 g/mol. The number of amides is 1. The molecule has 0 radical (unpaired) electrons. The Balaban J connectivity index is 1.65. The second-order valence-corrected chi connectivity index (χ2v) is 6.68. The van der Waals surface area contributed by atoms with E-state index in [0.717, 1.165) is 11.5 Å². The summed E-state index contributed by atoms with van der Waals surface area (Å²) in [6.07, 6.45) is 0.614. The molecule has 3 aromatic rings. The van der Waals surface area contributed by atoms with E-state index < -0.39 is 18.0 Å². The Labute approximate surface area is 168 Å². The first-order chi connectivity index (χ1) is 13.9. The zero-order chi connectivity index (χ0) is 21.0. The maximum Gasteiger partial charge on any atom is 0.341 e. The maximum absolute atomic E-state index is 12.7. The summed E-state index contributed by atoms with van der Waals surface area (Å²) in [6.45, 7) is 5.62. The molecular formula is C21H24N4O4. The minimum absolute atomic E-state index is 0.340. The fourth-order valence-electron chi connectivity index (χ4n) is 2.87. The van der Waals surface area contributed by atoms with Crippen LogP contribution in [0.25, 0.3) is 0 Å². The van der Waals surface area contributed by atoms with Gasteiger partial charge in [-0.15, -0.1) is 0 Å². The van der Waals surface area contributed by atoms with Gasteiger partial charge < -0.3 is 19.8 Å².